The fourth-order valence-corrected chi connectivity index (χ4v) is 8.34. The second-order valence-electron chi connectivity index (χ2n) is 17.2. The Morgan fingerprint density at radius 1 is 0.711 bits per heavy atom. The second-order valence-corrected chi connectivity index (χ2v) is 31.6. The molecule has 2 aromatic heterocycles. The predicted molar refractivity (Wildman–Crippen MR) is 192 cm³/mol. The molecule has 1 aromatic carbocycles. The Labute approximate surface area is 275 Å². The highest BCUT2D eigenvalue weighted by atomic mass is 28.4. The smallest absolute Gasteiger partial charge is 0.192 e. The highest BCUT2D eigenvalue weighted by Crippen LogP contribution is 2.47. The molecule has 8 nitrogen and oxygen atoms in total. The largest absolute Gasteiger partial charge is 0.414 e. The molecule has 0 aliphatic carbocycles. The maximum absolute atomic E-state index is 7.34. The molecule has 1 saturated heterocycles. The molecule has 0 unspecified atom stereocenters. The highest BCUT2D eigenvalue weighted by Gasteiger charge is 2.55. The van der Waals surface area contributed by atoms with Crippen LogP contribution in [0, 0.1) is 0 Å². The Kier molecular flexibility index (Phi) is 9.93. The summed E-state index contributed by atoms with van der Waals surface area (Å²) >= 11 is 0. The third-order valence-electron chi connectivity index (χ3n) is 10.9. The lowest BCUT2D eigenvalue weighted by Crippen LogP contribution is -2.54. The van der Waals surface area contributed by atoms with E-state index >= 15 is 0 Å². The molecule has 4 rings (SSSR count). The molecule has 1 fully saturated rings. The van der Waals surface area contributed by atoms with Crippen LogP contribution in [0.15, 0.2) is 43.0 Å². The van der Waals surface area contributed by atoms with Crippen molar-refractivity contribution in [1.29, 1.82) is 0 Å². The molecular weight excluding hydrogens is 613 g/mol. The summed E-state index contributed by atoms with van der Waals surface area (Å²) in [7, 11) is -6.60. The van der Waals surface area contributed by atoms with Gasteiger partial charge in [0.15, 0.2) is 36.8 Å². The van der Waals surface area contributed by atoms with Crippen LogP contribution in [0.3, 0.4) is 0 Å². The number of ether oxygens (including phenoxy) is 1. The topological polar surface area (TPSA) is 80.5 Å². The van der Waals surface area contributed by atoms with E-state index in [1.807, 2.05) is 41.2 Å². The molecule has 0 spiro atoms. The van der Waals surface area contributed by atoms with Crippen LogP contribution in [0.25, 0.3) is 22.4 Å². The highest BCUT2D eigenvalue weighted by molar-refractivity contribution is 6.75. The number of rotatable bonds is 9. The van der Waals surface area contributed by atoms with Crippen LogP contribution in [-0.2, 0) is 18.0 Å². The maximum atomic E-state index is 7.34. The van der Waals surface area contributed by atoms with Crippen molar-refractivity contribution in [2.45, 2.75) is 141 Å². The average molecular weight is 671 g/mol. The van der Waals surface area contributed by atoms with Crippen molar-refractivity contribution in [2.24, 2.45) is 0 Å². The average Bonchev–Trinajstić information content (AvgIpc) is 3.47. The monoisotopic (exact) mass is 670 g/mol. The van der Waals surface area contributed by atoms with Crippen molar-refractivity contribution in [3.05, 3.63) is 43.0 Å². The Hall–Kier alpha value is -1.74. The summed E-state index contributed by atoms with van der Waals surface area (Å²) in [5, 5.41) is 0.0779. The van der Waals surface area contributed by atoms with Gasteiger partial charge in [0.05, 0.1) is 12.9 Å². The molecule has 1 aliphatic rings. The van der Waals surface area contributed by atoms with Crippen molar-refractivity contribution in [3.8, 4) is 11.3 Å². The van der Waals surface area contributed by atoms with Gasteiger partial charge < -0.3 is 18.0 Å². The van der Waals surface area contributed by atoms with Gasteiger partial charge in [-0.2, -0.15) is 0 Å². The Morgan fingerprint density at radius 2 is 1.24 bits per heavy atom. The molecule has 0 amide bonds. The van der Waals surface area contributed by atoms with Crippen LogP contribution in [0.2, 0.25) is 54.4 Å². The summed E-state index contributed by atoms with van der Waals surface area (Å²) in [4.78, 5) is 14.2. The number of nitrogens with zero attached hydrogens (tertiary/aromatic N) is 4. The van der Waals surface area contributed by atoms with Crippen LogP contribution in [0.1, 0.15) is 68.5 Å². The maximum Gasteiger partial charge on any atom is 0.192 e. The van der Waals surface area contributed by atoms with Gasteiger partial charge in [0.2, 0.25) is 0 Å². The Balaban J connectivity index is 1.86. The van der Waals surface area contributed by atoms with E-state index < -0.39 is 31.2 Å². The van der Waals surface area contributed by atoms with Crippen LogP contribution >= 0.6 is 0 Å². The van der Waals surface area contributed by atoms with Crippen molar-refractivity contribution in [3.63, 3.8) is 0 Å². The molecular formula is C34H58N4O4Si3. The van der Waals surface area contributed by atoms with Crippen LogP contribution in [-0.4, -0.2) is 69.4 Å². The van der Waals surface area contributed by atoms with Gasteiger partial charge in [0.25, 0.3) is 0 Å². The van der Waals surface area contributed by atoms with Crippen molar-refractivity contribution >= 4 is 36.1 Å². The molecule has 4 atom stereocenters. The summed E-state index contributed by atoms with van der Waals surface area (Å²) in [5.74, 6) is 0. The number of fused-ring (bicyclic) bond motifs is 1. The Morgan fingerprint density at radius 3 is 1.78 bits per heavy atom. The molecule has 0 saturated carbocycles. The first-order valence-corrected chi connectivity index (χ1v) is 25.1. The van der Waals surface area contributed by atoms with Gasteiger partial charge in [-0.3, -0.25) is 4.57 Å². The normalized spacial score (nSPS) is 22.4. The third kappa shape index (κ3) is 7.39. The molecule has 3 aromatic rings. The van der Waals surface area contributed by atoms with Gasteiger partial charge in [-0.15, -0.1) is 0 Å². The quantitative estimate of drug-likeness (QED) is 0.210. The zero-order valence-corrected chi connectivity index (χ0v) is 33.5. The second kappa shape index (κ2) is 12.4. The predicted octanol–water partition coefficient (Wildman–Crippen LogP) is 9.19. The molecule has 45 heavy (non-hydrogen) atoms. The van der Waals surface area contributed by atoms with Crippen molar-refractivity contribution in [1.82, 2.24) is 19.5 Å². The lowest BCUT2D eigenvalue weighted by molar-refractivity contribution is -0.0470. The van der Waals surface area contributed by atoms with Gasteiger partial charge in [-0.05, 0) is 54.4 Å². The van der Waals surface area contributed by atoms with E-state index in [9.17, 15) is 0 Å². The summed E-state index contributed by atoms with van der Waals surface area (Å²) < 4.78 is 30.6. The van der Waals surface area contributed by atoms with Gasteiger partial charge in [0, 0.05) is 5.56 Å². The standard InChI is InChI=1S/C34H58N4O4Si3/c1-32(2,3)43(10,11)39-21-25-28(41-44(12,13)33(4,5)6)29(42-45(14,15)34(7,8)9)31(40-25)38-23-37-27-26(35-22-36-30(27)38)24-19-17-16-18-20-24/h16-20,22-23,25,28-29,31H,21H2,1-15H3/t25-,28-,29-,31-/m1/s1. The molecule has 11 heteroatoms. The molecule has 3 heterocycles. The van der Waals surface area contributed by atoms with E-state index in [2.05, 4.69) is 107 Å². The zero-order valence-electron chi connectivity index (χ0n) is 30.5. The minimum absolute atomic E-state index is 0.00550. The van der Waals surface area contributed by atoms with Crippen LogP contribution in [0.5, 0.6) is 0 Å². The van der Waals surface area contributed by atoms with Gasteiger partial charge >= 0.3 is 0 Å². The minimum atomic E-state index is -2.28. The molecule has 250 valence electrons. The van der Waals surface area contributed by atoms with E-state index in [1.54, 1.807) is 6.33 Å². The van der Waals surface area contributed by atoms with E-state index in [-0.39, 0.29) is 33.4 Å². The van der Waals surface area contributed by atoms with E-state index in [0.717, 1.165) is 22.4 Å². The fraction of sp³-hybridized carbons (Fsp3) is 0.676. The first-order valence-electron chi connectivity index (χ1n) is 16.3. The third-order valence-corrected chi connectivity index (χ3v) is 24.3. The number of imidazole rings is 1. The lowest BCUT2D eigenvalue weighted by atomic mass is 10.1. The summed E-state index contributed by atoms with van der Waals surface area (Å²) in [6, 6.07) is 10.1. The van der Waals surface area contributed by atoms with Crippen molar-refractivity contribution < 1.29 is 18.0 Å². The Bertz CT molecular complexity index is 1460. The first-order chi connectivity index (χ1) is 20.5. The molecule has 0 bridgehead atoms. The van der Waals surface area contributed by atoms with Gasteiger partial charge in [-0.1, -0.05) is 92.6 Å². The minimum Gasteiger partial charge on any atom is -0.414 e. The van der Waals surface area contributed by atoms with Crippen LogP contribution in [0.4, 0.5) is 0 Å². The molecule has 0 radical (unpaired) electrons. The number of hydrogen-bond acceptors (Lipinski definition) is 7. The zero-order chi connectivity index (χ0) is 33.8. The van der Waals surface area contributed by atoms with Crippen LogP contribution < -0.4 is 0 Å². The lowest BCUT2D eigenvalue weighted by Gasteiger charge is -2.44. The van der Waals surface area contributed by atoms with E-state index in [4.69, 9.17) is 28.0 Å². The number of aromatic nitrogens is 4. The summed E-state index contributed by atoms with van der Waals surface area (Å²) in [5.41, 5.74) is 3.25. The van der Waals surface area contributed by atoms with Gasteiger partial charge in [-0.25, -0.2) is 15.0 Å². The summed E-state index contributed by atoms with van der Waals surface area (Å²) in [6.45, 7) is 34.7. The number of hydrogen-bond donors (Lipinski definition) is 0. The summed E-state index contributed by atoms with van der Waals surface area (Å²) in [6.07, 6.45) is 1.94. The molecule has 1 aliphatic heterocycles. The fourth-order valence-electron chi connectivity index (χ4n) is 4.72. The van der Waals surface area contributed by atoms with Crippen molar-refractivity contribution in [2.75, 3.05) is 6.61 Å². The van der Waals surface area contributed by atoms with E-state index in [0.29, 0.717) is 6.61 Å². The first kappa shape index (κ1) is 36.1. The SMILES string of the molecule is CC(C)(C)[Si](C)(C)OC[C@H]1O[C@@H](n2cnc3c(-c4ccccc4)ncnc32)[C@H](O[Si](C)(C)C(C)(C)C)[C@@H]1O[Si](C)(C)C(C)(C)C. The van der Waals surface area contributed by atoms with Gasteiger partial charge in [0.1, 0.15) is 35.8 Å². The van der Waals surface area contributed by atoms with E-state index in [1.165, 1.54) is 0 Å². The molecule has 0 N–H and O–H groups in total. The number of benzene rings is 1.